The van der Waals surface area contributed by atoms with E-state index in [1.54, 1.807) is 30.0 Å². The zero-order valence-corrected chi connectivity index (χ0v) is 12.1. The van der Waals surface area contributed by atoms with E-state index in [1.807, 2.05) is 19.2 Å². The summed E-state index contributed by atoms with van der Waals surface area (Å²) in [7, 11) is 0. The van der Waals surface area contributed by atoms with Crippen LogP contribution in [-0.2, 0) is 4.79 Å². The van der Waals surface area contributed by atoms with E-state index in [2.05, 4.69) is 21.2 Å². The maximum atomic E-state index is 11.8. The summed E-state index contributed by atoms with van der Waals surface area (Å²) in [5.74, 6) is 0.747. The number of hydrogen-bond donors (Lipinski definition) is 1. The molecular formula is C12H13BrN2OS. The van der Waals surface area contributed by atoms with E-state index in [0.29, 0.717) is 11.3 Å². The van der Waals surface area contributed by atoms with Crippen LogP contribution < -0.4 is 5.32 Å². The quantitative estimate of drug-likeness (QED) is 0.928. The van der Waals surface area contributed by atoms with Crippen molar-refractivity contribution in [3.05, 3.63) is 28.2 Å². The van der Waals surface area contributed by atoms with Crippen LogP contribution in [0.3, 0.4) is 0 Å². The van der Waals surface area contributed by atoms with Gasteiger partial charge in [-0.25, -0.2) is 0 Å². The molecule has 1 unspecified atom stereocenters. The Morgan fingerprint density at radius 2 is 2.35 bits per heavy atom. The van der Waals surface area contributed by atoms with Crippen LogP contribution in [0.1, 0.15) is 12.5 Å². The van der Waals surface area contributed by atoms with Crippen molar-refractivity contribution < 1.29 is 4.79 Å². The van der Waals surface area contributed by atoms with Gasteiger partial charge < -0.3 is 5.32 Å². The Morgan fingerprint density at radius 3 is 2.88 bits per heavy atom. The monoisotopic (exact) mass is 312 g/mol. The fraction of sp³-hybridized carbons (Fsp3) is 0.333. The Bertz CT molecular complexity index is 456. The minimum Gasteiger partial charge on any atom is -0.325 e. The van der Waals surface area contributed by atoms with Gasteiger partial charge in [0.2, 0.25) is 5.91 Å². The fourth-order valence-electron chi connectivity index (χ4n) is 1.27. The van der Waals surface area contributed by atoms with E-state index in [-0.39, 0.29) is 11.8 Å². The first-order valence-electron chi connectivity index (χ1n) is 5.08. The molecule has 90 valence electrons. The molecule has 0 bridgehead atoms. The molecule has 0 aliphatic heterocycles. The Labute approximate surface area is 114 Å². The van der Waals surface area contributed by atoms with Crippen molar-refractivity contribution in [2.45, 2.75) is 6.92 Å². The zero-order valence-electron chi connectivity index (χ0n) is 9.66. The first-order valence-corrected chi connectivity index (χ1v) is 7.26. The van der Waals surface area contributed by atoms with Crippen LogP contribution in [0.15, 0.2) is 22.7 Å². The van der Waals surface area contributed by atoms with E-state index in [0.717, 1.165) is 10.2 Å². The lowest BCUT2D eigenvalue weighted by Gasteiger charge is -2.12. The second-order valence-electron chi connectivity index (χ2n) is 3.65. The summed E-state index contributed by atoms with van der Waals surface area (Å²) in [4.78, 5) is 11.8. The fourth-order valence-corrected chi connectivity index (χ4v) is 2.40. The molecule has 1 rings (SSSR count). The van der Waals surface area contributed by atoms with Gasteiger partial charge in [-0.3, -0.25) is 4.79 Å². The predicted molar refractivity (Wildman–Crippen MR) is 75.0 cm³/mol. The Hall–Kier alpha value is -0.990. The Balaban J connectivity index is 2.76. The molecule has 1 N–H and O–H groups in total. The maximum absolute atomic E-state index is 11.8. The number of carbonyl (C=O) groups is 1. The molecule has 3 nitrogen and oxygen atoms in total. The highest BCUT2D eigenvalue weighted by Gasteiger charge is 2.13. The number of nitrogens with zero attached hydrogens (tertiary/aromatic N) is 1. The number of thioether (sulfide) groups is 1. The van der Waals surface area contributed by atoms with Gasteiger partial charge >= 0.3 is 0 Å². The van der Waals surface area contributed by atoms with Gasteiger partial charge in [-0.2, -0.15) is 17.0 Å². The van der Waals surface area contributed by atoms with Crippen LogP contribution >= 0.6 is 27.7 Å². The van der Waals surface area contributed by atoms with Crippen molar-refractivity contribution in [1.29, 1.82) is 5.26 Å². The van der Waals surface area contributed by atoms with E-state index >= 15 is 0 Å². The normalized spacial score (nSPS) is 11.6. The Kier molecular flexibility index (Phi) is 5.52. The summed E-state index contributed by atoms with van der Waals surface area (Å²) in [5, 5.41) is 11.6. The van der Waals surface area contributed by atoms with Gasteiger partial charge in [0.25, 0.3) is 0 Å². The molecule has 1 atom stereocenters. The minimum absolute atomic E-state index is 0.00948. The first kappa shape index (κ1) is 14.1. The SMILES string of the molecule is CSCC(C)C(=O)Nc1ccc(C#N)cc1Br. The van der Waals surface area contributed by atoms with Crippen molar-refractivity contribution >= 4 is 39.3 Å². The molecule has 0 aliphatic rings. The third-order valence-electron chi connectivity index (χ3n) is 2.22. The lowest BCUT2D eigenvalue weighted by Crippen LogP contribution is -2.22. The van der Waals surface area contributed by atoms with Crippen LogP contribution in [-0.4, -0.2) is 17.9 Å². The predicted octanol–water partition coefficient (Wildman–Crippen LogP) is 3.26. The standard InChI is InChI=1S/C12H13BrN2OS/c1-8(7-17-2)12(16)15-11-4-3-9(6-14)5-10(11)13/h3-5,8H,7H2,1-2H3,(H,15,16). The summed E-state index contributed by atoms with van der Waals surface area (Å²) in [5.41, 5.74) is 1.26. The summed E-state index contributed by atoms with van der Waals surface area (Å²) in [6, 6.07) is 7.14. The average molecular weight is 313 g/mol. The average Bonchev–Trinajstić information content (AvgIpc) is 2.31. The minimum atomic E-state index is -0.0347. The molecule has 0 aliphatic carbocycles. The molecule has 1 amide bonds. The number of nitriles is 1. The number of carbonyl (C=O) groups excluding carboxylic acids is 1. The number of rotatable bonds is 4. The molecule has 0 aromatic heterocycles. The molecule has 0 heterocycles. The highest BCUT2D eigenvalue weighted by Crippen LogP contribution is 2.24. The van der Waals surface area contributed by atoms with E-state index < -0.39 is 0 Å². The summed E-state index contributed by atoms with van der Waals surface area (Å²) in [6.45, 7) is 1.89. The van der Waals surface area contributed by atoms with Gasteiger partial charge in [-0.1, -0.05) is 6.92 Å². The molecule has 1 aromatic carbocycles. The molecule has 0 saturated heterocycles. The van der Waals surface area contributed by atoms with E-state index in [9.17, 15) is 4.79 Å². The third-order valence-corrected chi connectivity index (χ3v) is 3.71. The number of hydrogen-bond acceptors (Lipinski definition) is 3. The van der Waals surface area contributed by atoms with Gasteiger partial charge in [-0.05, 0) is 40.4 Å². The van der Waals surface area contributed by atoms with Crippen LogP contribution in [0.5, 0.6) is 0 Å². The number of amides is 1. The van der Waals surface area contributed by atoms with Gasteiger partial charge in [0.05, 0.1) is 17.3 Å². The highest BCUT2D eigenvalue weighted by atomic mass is 79.9. The van der Waals surface area contributed by atoms with Gasteiger partial charge in [0.15, 0.2) is 0 Å². The number of halogens is 1. The van der Waals surface area contributed by atoms with Gasteiger partial charge in [0, 0.05) is 16.1 Å². The molecule has 0 saturated carbocycles. The highest BCUT2D eigenvalue weighted by molar-refractivity contribution is 9.10. The zero-order chi connectivity index (χ0) is 12.8. The molecule has 1 aromatic rings. The molecule has 17 heavy (non-hydrogen) atoms. The summed E-state index contributed by atoms with van der Waals surface area (Å²) < 4.78 is 0.723. The van der Waals surface area contributed by atoms with Crippen molar-refractivity contribution in [1.82, 2.24) is 0 Å². The van der Waals surface area contributed by atoms with Crippen molar-refractivity contribution in [2.75, 3.05) is 17.3 Å². The van der Waals surface area contributed by atoms with Gasteiger partial charge in [0.1, 0.15) is 0 Å². The second kappa shape index (κ2) is 6.67. The summed E-state index contributed by atoms with van der Waals surface area (Å²) in [6.07, 6.45) is 1.97. The molecule has 5 heteroatoms. The number of anilines is 1. The lowest BCUT2D eigenvalue weighted by atomic mass is 10.2. The topological polar surface area (TPSA) is 52.9 Å². The van der Waals surface area contributed by atoms with Crippen LogP contribution in [0.25, 0.3) is 0 Å². The first-order chi connectivity index (χ1) is 8.08. The van der Waals surface area contributed by atoms with Crippen molar-refractivity contribution in [2.24, 2.45) is 5.92 Å². The molecular weight excluding hydrogens is 300 g/mol. The van der Waals surface area contributed by atoms with Crippen LogP contribution in [0, 0.1) is 17.2 Å². The Morgan fingerprint density at radius 1 is 1.65 bits per heavy atom. The number of benzene rings is 1. The van der Waals surface area contributed by atoms with Gasteiger partial charge in [-0.15, -0.1) is 0 Å². The van der Waals surface area contributed by atoms with Crippen molar-refractivity contribution in [3.8, 4) is 6.07 Å². The number of nitrogens with one attached hydrogen (secondary N) is 1. The molecule has 0 radical (unpaired) electrons. The van der Waals surface area contributed by atoms with Crippen molar-refractivity contribution in [3.63, 3.8) is 0 Å². The maximum Gasteiger partial charge on any atom is 0.228 e. The largest absolute Gasteiger partial charge is 0.325 e. The van der Waals surface area contributed by atoms with Crippen LogP contribution in [0.4, 0.5) is 5.69 Å². The van der Waals surface area contributed by atoms with E-state index in [1.165, 1.54) is 0 Å². The lowest BCUT2D eigenvalue weighted by molar-refractivity contribution is -0.118. The molecule has 0 spiro atoms. The second-order valence-corrected chi connectivity index (χ2v) is 5.42. The summed E-state index contributed by atoms with van der Waals surface area (Å²) >= 11 is 4.98. The molecule has 0 fully saturated rings. The van der Waals surface area contributed by atoms with Crippen LogP contribution in [0.2, 0.25) is 0 Å². The third kappa shape index (κ3) is 4.06. The smallest absolute Gasteiger partial charge is 0.228 e. The van der Waals surface area contributed by atoms with E-state index in [4.69, 9.17) is 5.26 Å².